The molecular formula is C12H9BrN4O3. The molecule has 7 nitrogen and oxygen atoms in total. The van der Waals surface area contributed by atoms with Crippen molar-refractivity contribution in [3.63, 3.8) is 0 Å². The Labute approximate surface area is 122 Å². The van der Waals surface area contributed by atoms with Gasteiger partial charge in [-0.05, 0) is 28.9 Å². The molecule has 2 rings (SSSR count). The molecule has 0 saturated carbocycles. The highest BCUT2D eigenvalue weighted by Gasteiger charge is 2.12. The Morgan fingerprint density at radius 1 is 1.45 bits per heavy atom. The second-order valence-electron chi connectivity index (χ2n) is 3.89. The lowest BCUT2D eigenvalue weighted by Crippen LogP contribution is -2.13. The van der Waals surface area contributed by atoms with Gasteiger partial charge in [0, 0.05) is 17.7 Å². The first kappa shape index (κ1) is 14.1. The lowest BCUT2D eigenvalue weighted by Gasteiger charge is -2.05. The van der Waals surface area contributed by atoms with Gasteiger partial charge >= 0.3 is 0 Å². The maximum absolute atomic E-state index is 12.0. The molecule has 0 radical (unpaired) electrons. The molecule has 0 aliphatic carbocycles. The molecule has 1 amide bonds. The van der Waals surface area contributed by atoms with Gasteiger partial charge in [0.15, 0.2) is 5.82 Å². The number of hydrogen-bond acceptors (Lipinski definition) is 5. The molecule has 102 valence electrons. The van der Waals surface area contributed by atoms with Crippen molar-refractivity contribution in [2.75, 3.05) is 5.32 Å². The van der Waals surface area contributed by atoms with Crippen molar-refractivity contribution in [3.8, 4) is 0 Å². The monoisotopic (exact) mass is 336 g/mol. The van der Waals surface area contributed by atoms with Crippen LogP contribution in [0.25, 0.3) is 0 Å². The number of nitro benzene ring substituents is 1. The zero-order chi connectivity index (χ0) is 14.7. The van der Waals surface area contributed by atoms with Crippen molar-refractivity contribution in [3.05, 3.63) is 56.4 Å². The van der Waals surface area contributed by atoms with E-state index in [0.717, 1.165) is 0 Å². The minimum absolute atomic E-state index is 0.143. The molecule has 0 saturated heterocycles. The van der Waals surface area contributed by atoms with Gasteiger partial charge < -0.3 is 5.32 Å². The number of non-ortho nitro benzene ring substituents is 1. The number of aromatic nitrogens is 2. The number of hydrogen-bond donors (Lipinski definition) is 1. The van der Waals surface area contributed by atoms with Crippen LogP contribution in [0.2, 0.25) is 0 Å². The number of carbonyl (C=O) groups excluding carboxylic acids is 1. The molecule has 1 heterocycles. The minimum atomic E-state index is -0.555. The molecule has 0 unspecified atom stereocenters. The Bertz CT molecular complexity index is 690. The molecule has 1 aromatic heterocycles. The van der Waals surface area contributed by atoms with Crippen molar-refractivity contribution >= 4 is 33.3 Å². The minimum Gasteiger partial charge on any atom is -0.305 e. The summed E-state index contributed by atoms with van der Waals surface area (Å²) in [6.07, 6.45) is 1.40. The fourth-order valence-corrected chi connectivity index (χ4v) is 1.67. The maximum atomic E-state index is 12.0. The molecule has 2 aromatic rings. The van der Waals surface area contributed by atoms with Gasteiger partial charge in [-0.15, -0.1) is 0 Å². The lowest BCUT2D eigenvalue weighted by molar-refractivity contribution is -0.384. The van der Waals surface area contributed by atoms with Crippen LogP contribution in [0.3, 0.4) is 0 Å². The van der Waals surface area contributed by atoms with Crippen molar-refractivity contribution in [1.82, 2.24) is 9.97 Å². The van der Waals surface area contributed by atoms with Crippen LogP contribution in [0, 0.1) is 17.0 Å². The van der Waals surface area contributed by atoms with E-state index in [1.54, 1.807) is 6.92 Å². The van der Waals surface area contributed by atoms with E-state index in [9.17, 15) is 14.9 Å². The third-order valence-corrected chi connectivity index (χ3v) is 3.23. The number of rotatable bonds is 3. The average Bonchev–Trinajstić information content (AvgIpc) is 2.43. The Hall–Kier alpha value is -2.35. The third kappa shape index (κ3) is 3.15. The first-order chi connectivity index (χ1) is 9.47. The van der Waals surface area contributed by atoms with Crippen molar-refractivity contribution in [1.29, 1.82) is 0 Å². The maximum Gasteiger partial charge on any atom is 0.270 e. The molecule has 0 bridgehead atoms. The fraction of sp³-hybridized carbons (Fsp3) is 0.0833. The Kier molecular flexibility index (Phi) is 4.04. The van der Waals surface area contributed by atoms with Gasteiger partial charge in [0.1, 0.15) is 4.60 Å². The SMILES string of the molecule is Cc1nc(NC(=O)c2cccc([N+](=O)[O-])c2)cnc1Br. The number of carbonyl (C=O) groups is 1. The van der Waals surface area contributed by atoms with Crippen LogP contribution in [-0.2, 0) is 0 Å². The van der Waals surface area contributed by atoms with Gasteiger partial charge in [-0.1, -0.05) is 6.07 Å². The van der Waals surface area contributed by atoms with Gasteiger partial charge in [-0.2, -0.15) is 0 Å². The van der Waals surface area contributed by atoms with E-state index < -0.39 is 10.8 Å². The number of anilines is 1. The number of nitro groups is 1. The molecule has 8 heteroatoms. The summed E-state index contributed by atoms with van der Waals surface area (Å²) in [5, 5.41) is 13.2. The van der Waals surface area contributed by atoms with Crippen LogP contribution < -0.4 is 5.32 Å². The highest BCUT2D eigenvalue weighted by atomic mass is 79.9. The molecule has 0 aliphatic rings. The zero-order valence-electron chi connectivity index (χ0n) is 10.3. The summed E-state index contributed by atoms with van der Waals surface area (Å²) in [6, 6.07) is 5.46. The summed E-state index contributed by atoms with van der Waals surface area (Å²) in [4.78, 5) is 30.2. The van der Waals surface area contributed by atoms with Crippen LogP contribution >= 0.6 is 15.9 Å². The van der Waals surface area contributed by atoms with Crippen LogP contribution in [0.1, 0.15) is 16.1 Å². The first-order valence-corrected chi connectivity index (χ1v) is 6.31. The van der Waals surface area contributed by atoms with Crippen molar-refractivity contribution in [2.45, 2.75) is 6.92 Å². The van der Waals surface area contributed by atoms with Gasteiger partial charge in [0.25, 0.3) is 11.6 Å². The summed E-state index contributed by atoms with van der Waals surface area (Å²) in [5.74, 6) is -0.202. The number of halogens is 1. The molecular weight excluding hydrogens is 328 g/mol. The molecule has 0 spiro atoms. The highest BCUT2D eigenvalue weighted by molar-refractivity contribution is 9.10. The molecule has 0 atom stereocenters. The predicted molar refractivity (Wildman–Crippen MR) is 75.5 cm³/mol. The van der Waals surface area contributed by atoms with Gasteiger partial charge in [-0.3, -0.25) is 14.9 Å². The smallest absolute Gasteiger partial charge is 0.270 e. The number of nitrogens with one attached hydrogen (secondary N) is 1. The summed E-state index contributed by atoms with van der Waals surface area (Å²) in [5.41, 5.74) is 0.666. The van der Waals surface area contributed by atoms with E-state index in [1.807, 2.05) is 0 Å². The van der Waals surface area contributed by atoms with E-state index in [1.165, 1.54) is 30.5 Å². The van der Waals surface area contributed by atoms with E-state index in [-0.39, 0.29) is 17.1 Å². The number of benzene rings is 1. The predicted octanol–water partition coefficient (Wildman–Crippen LogP) is 2.71. The normalized spacial score (nSPS) is 10.1. The quantitative estimate of drug-likeness (QED) is 0.686. The molecule has 1 aromatic carbocycles. The Morgan fingerprint density at radius 3 is 2.85 bits per heavy atom. The third-order valence-electron chi connectivity index (χ3n) is 2.45. The zero-order valence-corrected chi connectivity index (χ0v) is 11.9. The summed E-state index contributed by atoms with van der Waals surface area (Å²) >= 11 is 3.20. The van der Waals surface area contributed by atoms with Crippen LogP contribution in [-0.4, -0.2) is 20.8 Å². The largest absolute Gasteiger partial charge is 0.305 e. The van der Waals surface area contributed by atoms with Gasteiger partial charge in [0.05, 0.1) is 16.8 Å². The molecule has 0 aliphatic heterocycles. The summed E-state index contributed by atoms with van der Waals surface area (Å²) in [7, 11) is 0. The van der Waals surface area contributed by atoms with E-state index in [4.69, 9.17) is 0 Å². The topological polar surface area (TPSA) is 98.0 Å². The van der Waals surface area contributed by atoms with Crippen LogP contribution in [0.4, 0.5) is 11.5 Å². The van der Waals surface area contributed by atoms with Gasteiger partial charge in [-0.25, -0.2) is 9.97 Å². The Morgan fingerprint density at radius 2 is 2.20 bits per heavy atom. The van der Waals surface area contributed by atoms with E-state index >= 15 is 0 Å². The molecule has 20 heavy (non-hydrogen) atoms. The highest BCUT2D eigenvalue weighted by Crippen LogP contribution is 2.16. The standard InChI is InChI=1S/C12H9BrN4O3/c1-7-11(13)14-6-10(15-7)16-12(18)8-3-2-4-9(5-8)17(19)20/h2-6H,1H3,(H,15,16,18). The van der Waals surface area contributed by atoms with Crippen LogP contribution in [0.15, 0.2) is 35.1 Å². The van der Waals surface area contributed by atoms with E-state index in [2.05, 4.69) is 31.2 Å². The van der Waals surface area contributed by atoms with Gasteiger partial charge in [0.2, 0.25) is 0 Å². The average molecular weight is 337 g/mol. The number of aryl methyl sites for hydroxylation is 1. The van der Waals surface area contributed by atoms with E-state index in [0.29, 0.717) is 10.3 Å². The van der Waals surface area contributed by atoms with Crippen LogP contribution in [0.5, 0.6) is 0 Å². The summed E-state index contributed by atoms with van der Waals surface area (Å²) in [6.45, 7) is 1.74. The summed E-state index contributed by atoms with van der Waals surface area (Å²) < 4.78 is 0.589. The second kappa shape index (κ2) is 5.74. The van der Waals surface area contributed by atoms with Crippen molar-refractivity contribution in [2.24, 2.45) is 0 Å². The number of amides is 1. The Balaban J connectivity index is 2.21. The lowest BCUT2D eigenvalue weighted by atomic mass is 10.2. The molecule has 0 fully saturated rings. The fourth-order valence-electron chi connectivity index (χ4n) is 1.48. The first-order valence-electron chi connectivity index (χ1n) is 5.52. The van der Waals surface area contributed by atoms with Crippen molar-refractivity contribution < 1.29 is 9.72 Å². The number of nitrogens with zero attached hydrogens (tertiary/aromatic N) is 3. The molecule has 1 N–H and O–H groups in total. The second-order valence-corrected chi connectivity index (χ2v) is 4.64.